The molecule has 202 valence electrons. The van der Waals surface area contributed by atoms with Crippen LogP contribution in [-0.4, -0.2) is 64.8 Å². The summed E-state index contributed by atoms with van der Waals surface area (Å²) in [4.78, 5) is 29.3. The second kappa shape index (κ2) is 11.1. The van der Waals surface area contributed by atoms with Gasteiger partial charge < -0.3 is 25.1 Å². The Morgan fingerprint density at radius 2 is 1.92 bits per heavy atom. The lowest BCUT2D eigenvalue weighted by atomic mass is 9.85. The zero-order chi connectivity index (χ0) is 27.4. The van der Waals surface area contributed by atoms with E-state index in [-0.39, 0.29) is 40.4 Å². The number of amides is 1. The van der Waals surface area contributed by atoms with E-state index >= 15 is 0 Å². The molecule has 1 unspecified atom stereocenters. The Labute approximate surface area is 223 Å². The number of pyridine rings is 1. The van der Waals surface area contributed by atoms with Gasteiger partial charge in [-0.2, -0.15) is 0 Å². The third-order valence-electron chi connectivity index (χ3n) is 6.76. The van der Waals surface area contributed by atoms with Crippen LogP contribution < -0.4 is 21.4 Å². The molecule has 3 heterocycles. The quantitative estimate of drug-likeness (QED) is 0.344. The molecule has 38 heavy (non-hydrogen) atoms. The average Bonchev–Trinajstić information content (AvgIpc) is 3.33. The molecule has 10 nitrogen and oxygen atoms in total. The number of carbonyl (C=O) groups excluding carboxylic acids is 1. The van der Waals surface area contributed by atoms with Crippen molar-refractivity contribution >= 4 is 23.4 Å². The third-order valence-corrected chi connectivity index (χ3v) is 6.76. The van der Waals surface area contributed by atoms with E-state index in [1.165, 1.54) is 0 Å². The van der Waals surface area contributed by atoms with E-state index in [0.29, 0.717) is 38.4 Å². The van der Waals surface area contributed by atoms with Gasteiger partial charge >= 0.3 is 5.84 Å². The maximum Gasteiger partial charge on any atom is 0.308 e. The predicted molar refractivity (Wildman–Crippen MR) is 148 cm³/mol. The van der Waals surface area contributed by atoms with E-state index in [1.807, 2.05) is 64.1 Å². The number of nitrogens with zero attached hydrogens (tertiary/aromatic N) is 4. The highest BCUT2D eigenvalue weighted by Crippen LogP contribution is 2.37. The Kier molecular flexibility index (Phi) is 7.89. The molecule has 0 saturated carbocycles. The minimum absolute atomic E-state index is 0.0607. The molecule has 6 N–H and O–H groups in total. The Balaban J connectivity index is 1.48. The molecule has 4 rings (SSSR count). The fourth-order valence-electron chi connectivity index (χ4n) is 4.62. The van der Waals surface area contributed by atoms with Crippen molar-refractivity contribution in [2.45, 2.75) is 46.2 Å². The van der Waals surface area contributed by atoms with Crippen molar-refractivity contribution in [2.75, 3.05) is 31.1 Å². The first kappa shape index (κ1) is 27.0. The summed E-state index contributed by atoms with van der Waals surface area (Å²) < 4.78 is 5.81. The first-order valence-electron chi connectivity index (χ1n) is 12.9. The lowest BCUT2D eigenvalue weighted by Gasteiger charge is -2.36. The molecule has 2 aromatic rings. The van der Waals surface area contributed by atoms with Crippen molar-refractivity contribution in [2.24, 2.45) is 21.9 Å². The molecule has 0 aromatic carbocycles. The maximum absolute atomic E-state index is 13.3. The summed E-state index contributed by atoms with van der Waals surface area (Å²) in [7, 11) is 0. The number of hydrogen-bond donors (Lipinski definition) is 4. The number of aliphatic hydroxyl groups excluding tert-OH is 1. The van der Waals surface area contributed by atoms with Gasteiger partial charge in [-0.05, 0) is 42.7 Å². The van der Waals surface area contributed by atoms with Crippen LogP contribution in [0.5, 0.6) is 0 Å². The zero-order valence-corrected chi connectivity index (χ0v) is 22.5. The largest absolute Gasteiger partial charge is 0.507 e. The van der Waals surface area contributed by atoms with E-state index in [4.69, 9.17) is 15.9 Å². The van der Waals surface area contributed by atoms with Gasteiger partial charge in [-0.1, -0.05) is 32.9 Å². The third kappa shape index (κ3) is 6.07. The molecule has 2 aromatic heterocycles. The van der Waals surface area contributed by atoms with E-state index < -0.39 is 6.04 Å². The van der Waals surface area contributed by atoms with Crippen molar-refractivity contribution in [3.63, 3.8) is 0 Å². The van der Waals surface area contributed by atoms with Crippen molar-refractivity contribution in [1.29, 1.82) is 0 Å². The van der Waals surface area contributed by atoms with Crippen molar-refractivity contribution < 1.29 is 19.3 Å². The SMILES string of the molecule is Cc1ccc([C@H](N=C(N)C(N)=[NH+]C2CC=CC(C(=O)N3CCN(c4ccccn4)CC3)=C2O)C(C)(C)C)o1. The van der Waals surface area contributed by atoms with Crippen molar-refractivity contribution in [3.8, 4) is 0 Å². The molecule has 0 bridgehead atoms. The van der Waals surface area contributed by atoms with Crippen LogP contribution in [0.1, 0.15) is 44.8 Å². The molecule has 1 aliphatic heterocycles. The number of piperazine rings is 1. The van der Waals surface area contributed by atoms with Gasteiger partial charge in [-0.25, -0.2) is 9.98 Å². The fourth-order valence-corrected chi connectivity index (χ4v) is 4.62. The highest BCUT2D eigenvalue weighted by Gasteiger charge is 2.32. The van der Waals surface area contributed by atoms with Gasteiger partial charge in [0.2, 0.25) is 5.84 Å². The average molecular weight is 521 g/mol. The van der Waals surface area contributed by atoms with Crippen LogP contribution in [0, 0.1) is 12.3 Å². The number of amidine groups is 2. The Morgan fingerprint density at radius 3 is 2.53 bits per heavy atom. The molecule has 2 atom stereocenters. The lowest BCUT2D eigenvalue weighted by molar-refractivity contribution is -0.495. The number of aromatic nitrogens is 1. The molecule has 1 aliphatic carbocycles. The summed E-state index contributed by atoms with van der Waals surface area (Å²) in [6.45, 7) is 10.4. The summed E-state index contributed by atoms with van der Waals surface area (Å²) in [6.07, 6.45) is 5.73. The van der Waals surface area contributed by atoms with E-state index in [0.717, 1.165) is 11.6 Å². The summed E-state index contributed by atoms with van der Waals surface area (Å²) in [5.74, 6) is 2.35. The smallest absolute Gasteiger partial charge is 0.308 e. The number of nitrogens with two attached hydrogens (primary N) is 2. The second-order valence-electron chi connectivity index (χ2n) is 10.7. The number of furan rings is 1. The van der Waals surface area contributed by atoms with Crippen molar-refractivity contribution in [1.82, 2.24) is 9.88 Å². The number of aryl methyl sites for hydroxylation is 1. The maximum atomic E-state index is 13.3. The fraction of sp³-hybridized carbons (Fsp3) is 0.429. The Hall–Kier alpha value is -4.08. The van der Waals surface area contributed by atoms with E-state index in [2.05, 4.69) is 19.9 Å². The number of aliphatic imine (C=N–C) groups is 1. The molecule has 0 spiro atoms. The number of carbonyl (C=O) groups is 1. The summed E-state index contributed by atoms with van der Waals surface area (Å²) in [5.41, 5.74) is 12.5. The van der Waals surface area contributed by atoms with Gasteiger partial charge in [0.05, 0.1) is 5.57 Å². The normalized spacial score (nSPS) is 20.2. The molecule has 10 heteroatoms. The van der Waals surface area contributed by atoms with Crippen LogP contribution in [0.4, 0.5) is 5.82 Å². The van der Waals surface area contributed by atoms with Gasteiger partial charge in [0.15, 0.2) is 6.04 Å². The number of rotatable bonds is 5. The monoisotopic (exact) mass is 520 g/mol. The minimum atomic E-state index is -0.596. The van der Waals surface area contributed by atoms with Crippen molar-refractivity contribution in [3.05, 3.63) is 71.5 Å². The molecule has 0 radical (unpaired) electrons. The van der Waals surface area contributed by atoms with Gasteiger partial charge in [0, 0.05) is 38.8 Å². The molecular weight excluding hydrogens is 482 g/mol. The predicted octanol–water partition coefficient (Wildman–Crippen LogP) is 1.35. The number of anilines is 1. The highest BCUT2D eigenvalue weighted by atomic mass is 16.3. The summed E-state index contributed by atoms with van der Waals surface area (Å²) >= 11 is 0. The molecule has 1 fully saturated rings. The molecule has 1 amide bonds. The first-order chi connectivity index (χ1) is 18.0. The van der Waals surface area contributed by atoms with Gasteiger partial charge in [-0.15, -0.1) is 0 Å². The van der Waals surface area contributed by atoms with E-state index in [1.54, 1.807) is 17.2 Å². The van der Waals surface area contributed by atoms with E-state index in [9.17, 15) is 9.90 Å². The Morgan fingerprint density at radius 1 is 1.18 bits per heavy atom. The zero-order valence-electron chi connectivity index (χ0n) is 22.5. The molecule has 2 aliphatic rings. The summed E-state index contributed by atoms with van der Waals surface area (Å²) in [6, 6.07) is 8.62. The van der Waals surface area contributed by atoms with Crippen LogP contribution >= 0.6 is 0 Å². The summed E-state index contributed by atoms with van der Waals surface area (Å²) in [5, 5.41) is 11.0. The number of aliphatic hydroxyl groups is 1. The molecule has 1 saturated heterocycles. The number of hydrogen-bond acceptors (Lipinski definition) is 6. The van der Waals surface area contributed by atoms with Crippen LogP contribution in [0.3, 0.4) is 0 Å². The van der Waals surface area contributed by atoms with Gasteiger partial charge in [-0.3, -0.25) is 15.5 Å². The minimum Gasteiger partial charge on any atom is -0.507 e. The second-order valence-corrected chi connectivity index (χ2v) is 10.7. The van der Waals surface area contributed by atoms with Gasteiger partial charge in [0.25, 0.3) is 5.91 Å². The van der Waals surface area contributed by atoms with Crippen LogP contribution in [-0.2, 0) is 4.79 Å². The Bertz CT molecular complexity index is 1260. The van der Waals surface area contributed by atoms with Crippen LogP contribution in [0.2, 0.25) is 0 Å². The topological polar surface area (TPSA) is 148 Å². The first-order valence-corrected chi connectivity index (χ1v) is 12.9. The lowest BCUT2D eigenvalue weighted by Crippen LogP contribution is -2.84. The van der Waals surface area contributed by atoms with Crippen LogP contribution in [0.15, 0.2) is 69.4 Å². The number of nitrogens with one attached hydrogen (secondary N) is 1. The standard InChI is InChI=1S/C28H37N7O3/c1-18-11-12-21(38-18)24(28(2,3)4)33-26(30)25(29)32-20-9-7-8-19(23(20)36)27(37)35-16-14-34(15-17-35)22-10-5-6-13-31-22/h5-8,10-13,20,24,36H,9,14-17H2,1-4H3,(H2,29,32)(H2,30,33)/p+1/t20?,24-/m0/s1. The van der Waals surface area contributed by atoms with Crippen LogP contribution in [0.25, 0.3) is 0 Å². The van der Waals surface area contributed by atoms with Gasteiger partial charge in [0.1, 0.15) is 29.1 Å². The molecular formula is C28H38N7O3+. The highest BCUT2D eigenvalue weighted by molar-refractivity contribution is 6.36.